The van der Waals surface area contributed by atoms with Gasteiger partial charge in [0.05, 0.1) is 42.4 Å². The summed E-state index contributed by atoms with van der Waals surface area (Å²) in [6.45, 7) is 1.54. The molecule has 7 nitrogen and oxygen atoms in total. The number of rotatable bonds is 9. The van der Waals surface area contributed by atoms with Crippen LogP contribution in [-0.4, -0.2) is 68.6 Å². The molecule has 2 N–H and O–H groups in total. The number of carboxylic acid groups (broad SMARTS) is 2. The van der Waals surface area contributed by atoms with Gasteiger partial charge in [-0.05, 0) is 17.8 Å². The SMILES string of the molecule is C[C@@H](O)C1C(=O)N2C(C(=O)[O-])=C(SCC[S+](C)CCC(=O)O)CC12. The lowest BCUT2D eigenvalue weighted by Gasteiger charge is -2.45. The molecule has 9 heteroatoms. The van der Waals surface area contributed by atoms with Crippen LogP contribution in [0.3, 0.4) is 0 Å². The number of fused-ring (bicyclic) bond motifs is 1. The van der Waals surface area contributed by atoms with Gasteiger partial charge in [-0.3, -0.25) is 9.59 Å². The minimum Gasteiger partial charge on any atom is -0.543 e. The van der Waals surface area contributed by atoms with E-state index >= 15 is 0 Å². The molecule has 0 bridgehead atoms. The van der Waals surface area contributed by atoms with Gasteiger partial charge in [0.25, 0.3) is 0 Å². The highest BCUT2D eigenvalue weighted by Crippen LogP contribution is 2.46. The third-order valence-electron chi connectivity index (χ3n) is 4.25. The van der Waals surface area contributed by atoms with Gasteiger partial charge < -0.3 is 25.0 Å². The molecule has 2 aliphatic rings. The Labute approximate surface area is 147 Å². The summed E-state index contributed by atoms with van der Waals surface area (Å²) in [5.41, 5.74) is -0.0616. The summed E-state index contributed by atoms with van der Waals surface area (Å²) >= 11 is 1.39. The van der Waals surface area contributed by atoms with Crippen LogP contribution in [0.15, 0.2) is 10.6 Å². The fourth-order valence-electron chi connectivity index (χ4n) is 3.02. The molecule has 134 valence electrons. The average Bonchev–Trinajstić information content (AvgIpc) is 2.79. The maximum atomic E-state index is 12.1. The van der Waals surface area contributed by atoms with Crippen LogP contribution in [0.25, 0.3) is 0 Å². The zero-order valence-electron chi connectivity index (χ0n) is 13.6. The first-order valence-corrected chi connectivity index (χ1v) is 10.6. The number of β-lactam (4-membered cyclic amide) rings is 1. The van der Waals surface area contributed by atoms with Crippen LogP contribution in [0.2, 0.25) is 0 Å². The highest BCUT2D eigenvalue weighted by molar-refractivity contribution is 8.04. The molecule has 0 saturated carbocycles. The van der Waals surface area contributed by atoms with Gasteiger partial charge in [0, 0.05) is 17.1 Å². The number of carboxylic acids is 2. The second kappa shape index (κ2) is 7.79. The molecule has 0 aliphatic carbocycles. The minimum atomic E-state index is -1.36. The second-order valence-corrected chi connectivity index (χ2v) is 9.56. The third kappa shape index (κ3) is 3.89. The van der Waals surface area contributed by atoms with Crippen LogP contribution in [0.4, 0.5) is 0 Å². The van der Waals surface area contributed by atoms with Crippen LogP contribution in [0, 0.1) is 5.92 Å². The van der Waals surface area contributed by atoms with E-state index in [-0.39, 0.29) is 35.0 Å². The third-order valence-corrected chi connectivity index (χ3v) is 7.43. The van der Waals surface area contributed by atoms with Crippen LogP contribution in [0.1, 0.15) is 19.8 Å². The van der Waals surface area contributed by atoms with E-state index in [0.717, 1.165) is 5.75 Å². The van der Waals surface area contributed by atoms with E-state index < -0.39 is 24.0 Å². The van der Waals surface area contributed by atoms with Crippen LogP contribution < -0.4 is 5.11 Å². The quantitative estimate of drug-likeness (QED) is 0.393. The first-order valence-electron chi connectivity index (χ1n) is 7.63. The molecule has 1 fully saturated rings. The van der Waals surface area contributed by atoms with E-state index in [1.54, 1.807) is 0 Å². The van der Waals surface area contributed by atoms with Crippen LogP contribution >= 0.6 is 11.8 Å². The van der Waals surface area contributed by atoms with Crippen molar-refractivity contribution in [2.24, 2.45) is 5.92 Å². The van der Waals surface area contributed by atoms with Crippen molar-refractivity contribution >= 4 is 40.5 Å². The zero-order valence-corrected chi connectivity index (χ0v) is 15.2. The lowest BCUT2D eigenvalue weighted by molar-refractivity contribution is -0.301. The van der Waals surface area contributed by atoms with Crippen molar-refractivity contribution in [1.29, 1.82) is 0 Å². The molecular weight excluding hydrogens is 354 g/mol. The van der Waals surface area contributed by atoms with Gasteiger partial charge in [0.2, 0.25) is 5.91 Å². The van der Waals surface area contributed by atoms with Gasteiger partial charge in [0.1, 0.15) is 11.5 Å². The highest BCUT2D eigenvalue weighted by Gasteiger charge is 2.55. The number of hydrogen-bond donors (Lipinski definition) is 2. The van der Waals surface area contributed by atoms with E-state index in [1.165, 1.54) is 23.6 Å². The van der Waals surface area contributed by atoms with E-state index in [4.69, 9.17) is 5.11 Å². The number of thioether (sulfide) groups is 1. The summed E-state index contributed by atoms with van der Waals surface area (Å²) in [7, 11) is -0.0436. The summed E-state index contributed by atoms with van der Waals surface area (Å²) in [5, 5.41) is 29.7. The number of nitrogens with zero attached hydrogens (tertiary/aromatic N) is 1. The molecule has 1 saturated heterocycles. The summed E-state index contributed by atoms with van der Waals surface area (Å²) in [6.07, 6.45) is 1.76. The van der Waals surface area contributed by atoms with Gasteiger partial charge in [-0.25, -0.2) is 0 Å². The fraction of sp³-hybridized carbons (Fsp3) is 0.667. The van der Waals surface area contributed by atoms with E-state index in [1.807, 2.05) is 6.26 Å². The summed E-state index contributed by atoms with van der Waals surface area (Å²) < 4.78 is 0. The van der Waals surface area contributed by atoms with Crippen molar-refractivity contribution in [1.82, 2.24) is 4.90 Å². The Hall–Kier alpha value is -1.19. The molecule has 0 spiro atoms. The Bertz CT molecular complexity index is 576. The van der Waals surface area contributed by atoms with Crippen molar-refractivity contribution < 1.29 is 29.7 Å². The number of carbonyl (C=O) groups is 3. The number of carbonyl (C=O) groups excluding carboxylic acids is 2. The van der Waals surface area contributed by atoms with Gasteiger partial charge in [0.15, 0.2) is 0 Å². The van der Waals surface area contributed by atoms with E-state index in [9.17, 15) is 24.6 Å². The molecule has 2 rings (SSSR count). The second-order valence-electron chi connectivity index (χ2n) is 5.99. The Kier molecular flexibility index (Phi) is 6.22. The van der Waals surface area contributed by atoms with Crippen molar-refractivity contribution in [2.45, 2.75) is 31.9 Å². The number of aliphatic hydroxyl groups is 1. The monoisotopic (exact) mass is 375 g/mol. The van der Waals surface area contributed by atoms with E-state index in [2.05, 4.69) is 0 Å². The first-order chi connectivity index (χ1) is 11.2. The normalized spacial score (nSPS) is 25.3. The zero-order chi connectivity index (χ0) is 18.0. The van der Waals surface area contributed by atoms with Gasteiger partial charge >= 0.3 is 5.97 Å². The Morgan fingerprint density at radius 2 is 2.12 bits per heavy atom. The minimum absolute atomic E-state index is 0.0436. The van der Waals surface area contributed by atoms with Crippen molar-refractivity contribution in [2.75, 3.05) is 23.5 Å². The Morgan fingerprint density at radius 3 is 2.67 bits per heavy atom. The average molecular weight is 375 g/mol. The Morgan fingerprint density at radius 1 is 1.46 bits per heavy atom. The number of aliphatic hydroxyl groups excluding tert-OH is 1. The maximum absolute atomic E-state index is 12.1. The van der Waals surface area contributed by atoms with Gasteiger partial charge in [-0.15, -0.1) is 11.8 Å². The molecule has 1 amide bonds. The summed E-state index contributed by atoms with van der Waals surface area (Å²) in [5.74, 6) is -1.01. The molecule has 0 aromatic rings. The number of hydrogen-bond acceptors (Lipinski definition) is 6. The van der Waals surface area contributed by atoms with Crippen molar-refractivity contribution in [3.63, 3.8) is 0 Å². The lowest BCUT2D eigenvalue weighted by atomic mass is 9.83. The standard InChI is InChI=1S/C15H21NO6S2/c1-8(17)12-9-7-10(13(15(21)22)16(9)14(12)20)23-4-6-24(2)5-3-11(18)19/h8-9,12,17H,3-7H2,1-2H3,(H-,18,19,21,22)/t8-,9?,12?,24?/m1/s1. The predicted molar refractivity (Wildman–Crippen MR) is 90.2 cm³/mol. The molecular formula is C15H21NO6S2. The molecule has 2 aliphatic heterocycles. The molecule has 0 aromatic carbocycles. The predicted octanol–water partition coefficient (Wildman–Crippen LogP) is -0.985. The summed E-state index contributed by atoms with van der Waals surface area (Å²) in [4.78, 5) is 35.9. The van der Waals surface area contributed by atoms with E-state index in [0.29, 0.717) is 22.8 Å². The van der Waals surface area contributed by atoms with Gasteiger partial charge in [-0.1, -0.05) is 0 Å². The largest absolute Gasteiger partial charge is 0.543 e. The summed E-state index contributed by atoms with van der Waals surface area (Å²) in [6, 6.07) is -0.292. The Balaban J connectivity index is 1.93. The lowest BCUT2D eigenvalue weighted by Crippen LogP contribution is -2.62. The number of amides is 1. The smallest absolute Gasteiger partial charge is 0.308 e. The highest BCUT2D eigenvalue weighted by atomic mass is 32.2. The van der Waals surface area contributed by atoms with Crippen LogP contribution in [-0.2, 0) is 25.3 Å². The molecule has 24 heavy (non-hydrogen) atoms. The van der Waals surface area contributed by atoms with Crippen molar-refractivity contribution in [3.05, 3.63) is 10.6 Å². The van der Waals surface area contributed by atoms with Gasteiger partial charge in [-0.2, -0.15) is 0 Å². The topological polar surface area (TPSA) is 118 Å². The molecule has 2 heterocycles. The van der Waals surface area contributed by atoms with Crippen LogP contribution in [0.5, 0.6) is 0 Å². The molecule has 3 unspecified atom stereocenters. The molecule has 0 aromatic heterocycles. The van der Waals surface area contributed by atoms with Crippen molar-refractivity contribution in [3.8, 4) is 0 Å². The molecule has 4 atom stereocenters. The molecule has 0 radical (unpaired) electrons. The first kappa shape index (κ1) is 19.1. The maximum Gasteiger partial charge on any atom is 0.308 e. The number of aliphatic carboxylic acids is 2. The fourth-order valence-corrected chi connectivity index (χ4v) is 6.07.